The minimum absolute atomic E-state index is 0.0906. The standard InChI is InChI=1S/C27H31ClN4O3/c1-18-16-31(9-10-32(18)27(34)25-8-3-4-11-35-25)17-22-13-23(28)14-24(19(22)2)30-26(33)21-7-5-6-20(12-21)15-29/h5-7,12-14,18,25H,3-4,8-11,16-17H2,1-2H3,(H,30,33)/t18-,25+/m0/s1. The molecule has 184 valence electrons. The Morgan fingerprint density at radius 3 is 2.77 bits per heavy atom. The molecular formula is C27H31ClN4O3. The lowest BCUT2D eigenvalue weighted by Gasteiger charge is -2.41. The van der Waals surface area contributed by atoms with E-state index in [1.54, 1.807) is 30.3 Å². The van der Waals surface area contributed by atoms with Crippen LogP contribution in [0.5, 0.6) is 0 Å². The summed E-state index contributed by atoms with van der Waals surface area (Å²) >= 11 is 6.42. The van der Waals surface area contributed by atoms with E-state index in [4.69, 9.17) is 21.6 Å². The Bertz CT molecular complexity index is 1140. The van der Waals surface area contributed by atoms with Gasteiger partial charge in [0.1, 0.15) is 6.10 Å². The summed E-state index contributed by atoms with van der Waals surface area (Å²) in [6, 6.07) is 12.4. The Morgan fingerprint density at radius 2 is 2.06 bits per heavy atom. The highest BCUT2D eigenvalue weighted by atomic mass is 35.5. The number of nitriles is 1. The number of hydrogen-bond acceptors (Lipinski definition) is 5. The maximum atomic E-state index is 12.9. The molecule has 1 N–H and O–H groups in total. The summed E-state index contributed by atoms with van der Waals surface area (Å²) in [7, 11) is 0. The Morgan fingerprint density at radius 1 is 1.23 bits per heavy atom. The molecule has 0 aliphatic carbocycles. The Balaban J connectivity index is 1.42. The molecule has 2 fully saturated rings. The number of anilines is 1. The van der Waals surface area contributed by atoms with E-state index >= 15 is 0 Å². The van der Waals surface area contributed by atoms with Crippen LogP contribution < -0.4 is 5.32 Å². The van der Waals surface area contributed by atoms with Gasteiger partial charge < -0.3 is 15.0 Å². The number of nitrogens with zero attached hydrogens (tertiary/aromatic N) is 3. The van der Waals surface area contributed by atoms with Gasteiger partial charge in [0.05, 0.1) is 11.6 Å². The molecule has 7 nitrogen and oxygen atoms in total. The van der Waals surface area contributed by atoms with Crippen molar-refractivity contribution in [2.75, 3.05) is 31.6 Å². The number of nitrogens with one attached hydrogen (secondary N) is 1. The first-order valence-electron chi connectivity index (χ1n) is 12.1. The summed E-state index contributed by atoms with van der Waals surface area (Å²) in [5.74, 6) is -0.176. The van der Waals surface area contributed by atoms with Crippen LogP contribution in [0.15, 0.2) is 36.4 Å². The molecule has 35 heavy (non-hydrogen) atoms. The number of halogens is 1. The first-order chi connectivity index (χ1) is 16.9. The predicted octanol–water partition coefficient (Wildman–Crippen LogP) is 4.37. The number of ether oxygens (including phenoxy) is 1. The summed E-state index contributed by atoms with van der Waals surface area (Å²) in [5, 5.41) is 12.6. The molecular weight excluding hydrogens is 464 g/mol. The normalized spacial score (nSPS) is 20.8. The van der Waals surface area contributed by atoms with E-state index < -0.39 is 0 Å². The van der Waals surface area contributed by atoms with Crippen molar-refractivity contribution in [2.24, 2.45) is 0 Å². The zero-order valence-corrected chi connectivity index (χ0v) is 21.0. The van der Waals surface area contributed by atoms with Crippen LogP contribution in [0.2, 0.25) is 5.02 Å². The van der Waals surface area contributed by atoms with Crippen LogP contribution in [0.1, 0.15) is 53.2 Å². The molecule has 0 aromatic heterocycles. The molecule has 2 atom stereocenters. The molecule has 0 spiro atoms. The molecule has 0 radical (unpaired) electrons. The molecule has 0 saturated carbocycles. The molecule has 4 rings (SSSR count). The molecule has 2 aliphatic rings. The van der Waals surface area contributed by atoms with Gasteiger partial charge in [-0.2, -0.15) is 5.26 Å². The highest BCUT2D eigenvalue weighted by Gasteiger charge is 2.33. The van der Waals surface area contributed by atoms with Crippen molar-refractivity contribution in [1.82, 2.24) is 9.80 Å². The van der Waals surface area contributed by atoms with E-state index in [0.29, 0.717) is 41.5 Å². The molecule has 2 aromatic carbocycles. The number of hydrogen-bond donors (Lipinski definition) is 1. The van der Waals surface area contributed by atoms with Gasteiger partial charge in [-0.25, -0.2) is 0 Å². The summed E-state index contributed by atoms with van der Waals surface area (Å²) in [5.41, 5.74) is 3.47. The van der Waals surface area contributed by atoms with E-state index in [2.05, 4.69) is 23.2 Å². The number of carbonyl (C=O) groups is 2. The zero-order chi connectivity index (χ0) is 24.9. The number of carbonyl (C=O) groups excluding carboxylic acids is 2. The molecule has 2 aromatic rings. The first-order valence-corrected chi connectivity index (χ1v) is 12.5. The second-order valence-corrected chi connectivity index (χ2v) is 9.79. The van der Waals surface area contributed by atoms with Gasteiger partial charge in [-0.15, -0.1) is 0 Å². The van der Waals surface area contributed by atoms with E-state index in [-0.39, 0.29) is 24.0 Å². The van der Waals surface area contributed by atoms with Crippen LogP contribution in [0.4, 0.5) is 5.69 Å². The van der Waals surface area contributed by atoms with E-state index in [1.807, 2.05) is 17.9 Å². The zero-order valence-electron chi connectivity index (χ0n) is 20.2. The maximum absolute atomic E-state index is 12.9. The van der Waals surface area contributed by atoms with Crippen LogP contribution in [-0.4, -0.2) is 60.0 Å². The van der Waals surface area contributed by atoms with Crippen molar-refractivity contribution < 1.29 is 14.3 Å². The fraction of sp³-hybridized carbons (Fsp3) is 0.444. The van der Waals surface area contributed by atoms with Crippen molar-refractivity contribution >= 4 is 29.1 Å². The summed E-state index contributed by atoms with van der Waals surface area (Å²) < 4.78 is 5.71. The lowest BCUT2D eigenvalue weighted by atomic mass is 10.0. The van der Waals surface area contributed by atoms with Crippen molar-refractivity contribution in [3.05, 3.63) is 63.7 Å². The second kappa shape index (κ2) is 11.2. The lowest BCUT2D eigenvalue weighted by molar-refractivity contribution is -0.151. The Labute approximate surface area is 211 Å². The van der Waals surface area contributed by atoms with Gasteiger partial charge in [0, 0.05) is 55.1 Å². The quantitative estimate of drug-likeness (QED) is 0.667. The van der Waals surface area contributed by atoms with E-state index in [0.717, 1.165) is 43.5 Å². The van der Waals surface area contributed by atoms with Crippen LogP contribution >= 0.6 is 11.6 Å². The summed E-state index contributed by atoms with van der Waals surface area (Å²) in [4.78, 5) is 30.0. The third-order valence-corrected chi connectivity index (χ3v) is 7.04. The fourth-order valence-corrected chi connectivity index (χ4v) is 5.06. The van der Waals surface area contributed by atoms with Gasteiger partial charge in [0.15, 0.2) is 0 Å². The number of piperazine rings is 1. The molecule has 0 unspecified atom stereocenters. The van der Waals surface area contributed by atoms with Crippen LogP contribution in [-0.2, 0) is 16.1 Å². The van der Waals surface area contributed by atoms with Crippen molar-refractivity contribution in [2.45, 2.75) is 51.8 Å². The van der Waals surface area contributed by atoms with Gasteiger partial charge in [0.2, 0.25) is 0 Å². The smallest absolute Gasteiger partial charge is 0.255 e. The van der Waals surface area contributed by atoms with Crippen molar-refractivity contribution in [1.29, 1.82) is 5.26 Å². The van der Waals surface area contributed by atoms with Crippen molar-refractivity contribution in [3.63, 3.8) is 0 Å². The van der Waals surface area contributed by atoms with Gasteiger partial charge >= 0.3 is 0 Å². The molecule has 0 bridgehead atoms. The molecule has 2 heterocycles. The van der Waals surface area contributed by atoms with Gasteiger partial charge in [0.25, 0.3) is 11.8 Å². The third kappa shape index (κ3) is 6.02. The average Bonchev–Trinajstić information content (AvgIpc) is 2.87. The largest absolute Gasteiger partial charge is 0.368 e. The minimum Gasteiger partial charge on any atom is -0.368 e. The van der Waals surface area contributed by atoms with Gasteiger partial charge in [-0.1, -0.05) is 17.7 Å². The highest BCUT2D eigenvalue weighted by Crippen LogP contribution is 2.28. The monoisotopic (exact) mass is 494 g/mol. The van der Waals surface area contributed by atoms with E-state index in [1.165, 1.54) is 0 Å². The molecule has 8 heteroatoms. The third-order valence-electron chi connectivity index (χ3n) is 6.83. The number of amides is 2. The Kier molecular flexibility index (Phi) is 8.07. The molecule has 2 amide bonds. The lowest BCUT2D eigenvalue weighted by Crippen LogP contribution is -2.56. The average molecular weight is 495 g/mol. The van der Waals surface area contributed by atoms with E-state index in [9.17, 15) is 9.59 Å². The molecule has 2 saturated heterocycles. The molecule has 2 aliphatic heterocycles. The van der Waals surface area contributed by atoms with Gasteiger partial charge in [-0.3, -0.25) is 14.5 Å². The summed E-state index contributed by atoms with van der Waals surface area (Å²) in [6.07, 6.45) is 2.58. The summed E-state index contributed by atoms with van der Waals surface area (Å²) in [6.45, 7) is 7.57. The Hall–Kier alpha value is -2.92. The van der Waals surface area contributed by atoms with Gasteiger partial charge in [-0.05, 0) is 74.6 Å². The second-order valence-electron chi connectivity index (χ2n) is 9.36. The number of rotatable bonds is 5. The SMILES string of the molecule is Cc1c(CN2CCN(C(=O)[C@H]3CCCCO3)[C@@H](C)C2)cc(Cl)cc1NC(=O)c1cccc(C#N)c1. The number of benzene rings is 2. The maximum Gasteiger partial charge on any atom is 0.255 e. The fourth-order valence-electron chi connectivity index (χ4n) is 4.82. The first kappa shape index (κ1) is 25.2. The predicted molar refractivity (Wildman–Crippen MR) is 135 cm³/mol. The van der Waals surface area contributed by atoms with Crippen LogP contribution in [0.3, 0.4) is 0 Å². The highest BCUT2D eigenvalue weighted by molar-refractivity contribution is 6.31. The van der Waals surface area contributed by atoms with Crippen molar-refractivity contribution in [3.8, 4) is 6.07 Å². The topological polar surface area (TPSA) is 85.7 Å². The van der Waals surface area contributed by atoms with Crippen LogP contribution in [0.25, 0.3) is 0 Å². The minimum atomic E-state index is -0.298. The van der Waals surface area contributed by atoms with Crippen LogP contribution in [0, 0.1) is 18.3 Å².